The van der Waals surface area contributed by atoms with E-state index in [2.05, 4.69) is 4.90 Å². The van der Waals surface area contributed by atoms with Gasteiger partial charge in [0.05, 0.1) is 17.9 Å². The Hall–Kier alpha value is -1.98. The topological polar surface area (TPSA) is 46.6 Å². The van der Waals surface area contributed by atoms with Crippen LogP contribution in [0.2, 0.25) is 0 Å². The summed E-state index contributed by atoms with van der Waals surface area (Å²) in [6.45, 7) is 2.08. The maximum atomic E-state index is 13.0. The zero-order valence-corrected chi connectivity index (χ0v) is 18.5. The van der Waals surface area contributed by atoms with Crippen LogP contribution in [-0.4, -0.2) is 41.1 Å². The number of Topliss-reactive ketones (excluding diaryl/α,β-unsaturated/α-hetero) is 1. The van der Waals surface area contributed by atoms with Crippen LogP contribution in [0, 0.1) is 5.92 Å². The molecule has 2 fully saturated rings. The van der Waals surface area contributed by atoms with Gasteiger partial charge in [-0.05, 0) is 75.2 Å². The van der Waals surface area contributed by atoms with E-state index in [4.69, 9.17) is 4.74 Å². The molecular weight excluding hydrogens is 394 g/mol. The van der Waals surface area contributed by atoms with E-state index < -0.39 is 10.8 Å². The number of ether oxygens (including phenoxy) is 1. The lowest BCUT2D eigenvalue weighted by atomic mass is 9.86. The van der Waals surface area contributed by atoms with Crippen LogP contribution in [0.3, 0.4) is 0 Å². The summed E-state index contributed by atoms with van der Waals surface area (Å²) < 4.78 is 18.0. The van der Waals surface area contributed by atoms with Gasteiger partial charge in [0, 0.05) is 27.3 Å². The molecule has 0 spiro atoms. The molecule has 0 N–H and O–H groups in total. The first kappa shape index (κ1) is 21.3. The van der Waals surface area contributed by atoms with Crippen molar-refractivity contribution in [3.63, 3.8) is 0 Å². The Morgan fingerprint density at radius 3 is 2.00 bits per heavy atom. The lowest BCUT2D eigenvalue weighted by Crippen LogP contribution is -2.43. The van der Waals surface area contributed by atoms with Crippen LogP contribution in [0.25, 0.3) is 0 Å². The Morgan fingerprint density at radius 1 is 0.867 bits per heavy atom. The third-order valence-corrected chi connectivity index (χ3v) is 8.02. The first-order valence-electron chi connectivity index (χ1n) is 11.1. The summed E-state index contributed by atoms with van der Waals surface area (Å²) in [5, 5.41) is 0. The molecule has 160 valence electrons. The molecule has 1 saturated heterocycles. The highest BCUT2D eigenvalue weighted by Crippen LogP contribution is 2.29. The minimum Gasteiger partial charge on any atom is -0.497 e. The summed E-state index contributed by atoms with van der Waals surface area (Å²) in [6, 6.07) is 15.3. The third-order valence-electron chi connectivity index (χ3n) is 6.62. The minimum atomic E-state index is -1.26. The van der Waals surface area contributed by atoms with Crippen molar-refractivity contribution < 1.29 is 13.7 Å². The van der Waals surface area contributed by atoms with Crippen molar-refractivity contribution in [1.82, 2.24) is 4.90 Å². The van der Waals surface area contributed by atoms with Gasteiger partial charge in [0.25, 0.3) is 0 Å². The fourth-order valence-corrected chi connectivity index (χ4v) is 5.83. The molecule has 30 heavy (non-hydrogen) atoms. The lowest BCUT2D eigenvalue weighted by molar-refractivity contribution is 0.0747. The van der Waals surface area contributed by atoms with Crippen LogP contribution in [0.5, 0.6) is 5.75 Å². The van der Waals surface area contributed by atoms with E-state index in [-0.39, 0.29) is 11.7 Å². The first-order valence-corrected chi connectivity index (χ1v) is 12.2. The van der Waals surface area contributed by atoms with E-state index in [1.165, 1.54) is 32.1 Å². The predicted octanol–water partition coefficient (Wildman–Crippen LogP) is 5.09. The Labute approximate surface area is 182 Å². The summed E-state index contributed by atoms with van der Waals surface area (Å²) in [4.78, 5) is 17.0. The highest BCUT2D eigenvalue weighted by molar-refractivity contribution is 7.85. The summed E-state index contributed by atoms with van der Waals surface area (Å²) >= 11 is 0. The smallest absolute Gasteiger partial charge is 0.166 e. The van der Waals surface area contributed by atoms with Crippen LogP contribution < -0.4 is 4.74 Å². The molecule has 2 aromatic carbocycles. The van der Waals surface area contributed by atoms with Crippen molar-refractivity contribution in [1.29, 1.82) is 0 Å². The zero-order chi connectivity index (χ0) is 20.9. The van der Waals surface area contributed by atoms with Crippen LogP contribution in [-0.2, 0) is 10.8 Å². The van der Waals surface area contributed by atoms with Gasteiger partial charge in [-0.1, -0.05) is 31.4 Å². The quantitative estimate of drug-likeness (QED) is 0.605. The molecule has 0 unspecified atom stereocenters. The SMILES string of the molecule is COc1ccc([S@](=O)c2ccc(C(=O)C3CCN(C4CCCCC4)CC3)cc2)cc1. The number of hydrogen-bond donors (Lipinski definition) is 0. The van der Waals surface area contributed by atoms with Gasteiger partial charge in [0.2, 0.25) is 0 Å². The zero-order valence-electron chi connectivity index (χ0n) is 17.7. The molecule has 1 atom stereocenters. The molecule has 2 aromatic rings. The van der Waals surface area contributed by atoms with Crippen LogP contribution in [0.4, 0.5) is 0 Å². The average molecular weight is 426 g/mol. The number of hydrogen-bond acceptors (Lipinski definition) is 4. The number of benzene rings is 2. The number of likely N-dealkylation sites (tertiary alicyclic amines) is 1. The number of carbonyl (C=O) groups is 1. The van der Waals surface area contributed by atoms with Crippen LogP contribution in [0.1, 0.15) is 55.3 Å². The molecule has 1 aliphatic carbocycles. The molecule has 0 radical (unpaired) electrons. The van der Waals surface area contributed by atoms with Crippen molar-refractivity contribution >= 4 is 16.6 Å². The van der Waals surface area contributed by atoms with Gasteiger partial charge in [-0.15, -0.1) is 0 Å². The van der Waals surface area contributed by atoms with Gasteiger partial charge in [0.1, 0.15) is 5.75 Å². The molecule has 1 aliphatic heterocycles. The van der Waals surface area contributed by atoms with Crippen molar-refractivity contribution in [2.75, 3.05) is 20.2 Å². The van der Waals surface area contributed by atoms with Gasteiger partial charge in [-0.3, -0.25) is 4.79 Å². The lowest BCUT2D eigenvalue weighted by Gasteiger charge is -2.39. The molecule has 5 heteroatoms. The minimum absolute atomic E-state index is 0.114. The number of nitrogens with zero attached hydrogens (tertiary/aromatic N) is 1. The van der Waals surface area contributed by atoms with Crippen molar-refractivity contribution in [3.8, 4) is 5.75 Å². The molecule has 2 aliphatic rings. The van der Waals surface area contributed by atoms with Gasteiger partial charge < -0.3 is 9.64 Å². The number of carbonyl (C=O) groups excluding carboxylic acids is 1. The second kappa shape index (κ2) is 9.88. The highest BCUT2D eigenvalue weighted by Gasteiger charge is 2.29. The van der Waals surface area contributed by atoms with Crippen molar-refractivity contribution in [2.45, 2.75) is 60.8 Å². The highest BCUT2D eigenvalue weighted by atomic mass is 32.2. The average Bonchev–Trinajstić information content (AvgIpc) is 2.84. The Balaban J connectivity index is 1.35. The number of methoxy groups -OCH3 is 1. The predicted molar refractivity (Wildman–Crippen MR) is 120 cm³/mol. The molecule has 4 rings (SSSR count). The standard InChI is InChI=1S/C25H31NO3S/c1-29-22-9-13-24(14-10-22)30(28)23-11-7-19(8-12-23)25(27)20-15-17-26(18-16-20)21-5-3-2-4-6-21/h7-14,20-21H,2-6,15-18H2,1H3/t30-/m1/s1. The molecule has 4 nitrogen and oxygen atoms in total. The Bertz CT molecular complexity index is 864. The fourth-order valence-electron chi connectivity index (χ4n) is 4.79. The van der Waals surface area contributed by atoms with E-state index >= 15 is 0 Å². The summed E-state index contributed by atoms with van der Waals surface area (Å²) in [6.07, 6.45) is 8.65. The summed E-state index contributed by atoms with van der Waals surface area (Å²) in [5.41, 5.74) is 0.738. The Morgan fingerprint density at radius 2 is 1.43 bits per heavy atom. The Kier molecular flexibility index (Phi) is 7.00. The maximum absolute atomic E-state index is 13.0. The fraction of sp³-hybridized carbons (Fsp3) is 0.480. The van der Waals surface area contributed by atoms with Gasteiger partial charge in [-0.2, -0.15) is 0 Å². The largest absolute Gasteiger partial charge is 0.497 e. The third kappa shape index (κ3) is 4.84. The van der Waals surface area contributed by atoms with E-state index in [0.717, 1.165) is 48.2 Å². The van der Waals surface area contributed by atoms with E-state index in [0.29, 0.717) is 4.90 Å². The molecule has 1 heterocycles. The number of rotatable bonds is 6. The van der Waals surface area contributed by atoms with E-state index in [9.17, 15) is 9.00 Å². The maximum Gasteiger partial charge on any atom is 0.166 e. The second-order valence-corrected chi connectivity index (χ2v) is 9.92. The molecular formula is C25H31NO3S. The monoisotopic (exact) mass is 425 g/mol. The summed E-state index contributed by atoms with van der Waals surface area (Å²) in [7, 11) is 0.348. The van der Waals surface area contributed by atoms with Crippen LogP contribution in [0.15, 0.2) is 58.3 Å². The molecule has 0 aromatic heterocycles. The van der Waals surface area contributed by atoms with Crippen LogP contribution >= 0.6 is 0 Å². The molecule has 0 bridgehead atoms. The number of piperidine rings is 1. The van der Waals surface area contributed by atoms with Crippen molar-refractivity contribution in [2.24, 2.45) is 5.92 Å². The molecule has 0 amide bonds. The summed E-state index contributed by atoms with van der Waals surface area (Å²) in [5.74, 6) is 1.09. The van der Waals surface area contributed by atoms with E-state index in [1.807, 2.05) is 48.5 Å². The second-order valence-electron chi connectivity index (χ2n) is 8.43. The number of ketones is 1. The first-order chi connectivity index (χ1) is 14.7. The van der Waals surface area contributed by atoms with Gasteiger partial charge >= 0.3 is 0 Å². The van der Waals surface area contributed by atoms with Crippen molar-refractivity contribution in [3.05, 3.63) is 54.1 Å². The van der Waals surface area contributed by atoms with Gasteiger partial charge in [-0.25, -0.2) is 4.21 Å². The normalized spacial score (nSPS) is 20.0. The van der Waals surface area contributed by atoms with E-state index in [1.54, 1.807) is 7.11 Å². The molecule has 1 saturated carbocycles. The van der Waals surface area contributed by atoms with Gasteiger partial charge in [0.15, 0.2) is 5.78 Å².